The van der Waals surface area contributed by atoms with Crippen molar-refractivity contribution in [3.63, 3.8) is 0 Å². The largest absolute Gasteiger partial charge is 0.487 e. The van der Waals surface area contributed by atoms with Gasteiger partial charge in [0, 0.05) is 18.3 Å². The summed E-state index contributed by atoms with van der Waals surface area (Å²) in [5.74, 6) is 0.453. The maximum absolute atomic E-state index is 12.5. The van der Waals surface area contributed by atoms with Crippen LogP contribution >= 0.6 is 0 Å². The second-order valence-corrected chi connectivity index (χ2v) is 8.44. The first-order chi connectivity index (χ1) is 14.4. The number of fused-ring (bicyclic) bond motifs is 1. The lowest BCUT2D eigenvalue weighted by molar-refractivity contribution is 0.301. The Morgan fingerprint density at radius 1 is 1.00 bits per heavy atom. The van der Waals surface area contributed by atoms with E-state index in [1.54, 1.807) is 54.7 Å². The summed E-state index contributed by atoms with van der Waals surface area (Å²) in [7, 11) is -3.69. The average Bonchev–Trinajstić information content (AvgIpc) is 2.73. The maximum atomic E-state index is 12.5. The molecule has 0 aliphatic rings. The summed E-state index contributed by atoms with van der Waals surface area (Å²) < 4.78 is 34.7. The van der Waals surface area contributed by atoms with Crippen molar-refractivity contribution in [2.24, 2.45) is 0 Å². The van der Waals surface area contributed by atoms with Crippen LogP contribution in [0.25, 0.3) is 5.65 Å². The van der Waals surface area contributed by atoms with Gasteiger partial charge in [0.2, 0.25) is 0 Å². The van der Waals surface area contributed by atoms with Crippen LogP contribution in [0.1, 0.15) is 11.3 Å². The van der Waals surface area contributed by atoms with E-state index in [1.165, 1.54) is 22.6 Å². The van der Waals surface area contributed by atoms with Crippen molar-refractivity contribution >= 4 is 21.4 Å². The SMILES string of the molecule is Cc1ccc2nc(COc3cccc(NS(=O)(=O)c4ccccc4)c3)cc(=O)n2c1. The number of ether oxygens (including phenoxy) is 1. The fourth-order valence-corrected chi connectivity index (χ4v) is 4.02. The van der Waals surface area contributed by atoms with E-state index in [0.29, 0.717) is 22.8 Å². The van der Waals surface area contributed by atoms with E-state index in [0.717, 1.165) is 5.56 Å². The molecule has 7 nitrogen and oxygen atoms in total. The van der Waals surface area contributed by atoms with Crippen LogP contribution in [0.3, 0.4) is 0 Å². The Morgan fingerprint density at radius 2 is 1.80 bits per heavy atom. The van der Waals surface area contributed by atoms with E-state index in [4.69, 9.17) is 4.74 Å². The van der Waals surface area contributed by atoms with Gasteiger partial charge in [-0.05, 0) is 42.8 Å². The Kier molecular flexibility index (Phi) is 5.24. The number of aromatic nitrogens is 2. The van der Waals surface area contributed by atoms with Gasteiger partial charge in [0.15, 0.2) is 0 Å². The third kappa shape index (κ3) is 4.33. The number of sulfonamides is 1. The van der Waals surface area contributed by atoms with Gasteiger partial charge in [-0.2, -0.15) is 0 Å². The second kappa shape index (κ2) is 8.00. The van der Waals surface area contributed by atoms with Crippen LogP contribution in [0.15, 0.2) is 88.7 Å². The van der Waals surface area contributed by atoms with Crippen LogP contribution < -0.4 is 15.0 Å². The lowest BCUT2D eigenvalue weighted by Gasteiger charge is -2.11. The number of benzene rings is 2. The average molecular weight is 421 g/mol. The molecule has 2 aromatic heterocycles. The van der Waals surface area contributed by atoms with E-state index < -0.39 is 10.0 Å². The Morgan fingerprint density at radius 3 is 2.60 bits per heavy atom. The minimum Gasteiger partial charge on any atom is -0.487 e. The normalized spacial score (nSPS) is 11.4. The summed E-state index contributed by atoms with van der Waals surface area (Å²) in [5, 5.41) is 0. The number of anilines is 1. The highest BCUT2D eigenvalue weighted by molar-refractivity contribution is 7.92. The lowest BCUT2D eigenvalue weighted by Crippen LogP contribution is -2.16. The minimum absolute atomic E-state index is 0.0779. The van der Waals surface area contributed by atoms with Crippen molar-refractivity contribution in [1.82, 2.24) is 9.38 Å². The van der Waals surface area contributed by atoms with Gasteiger partial charge in [-0.15, -0.1) is 0 Å². The van der Waals surface area contributed by atoms with Crippen molar-refractivity contribution in [2.75, 3.05) is 4.72 Å². The zero-order valence-corrected chi connectivity index (χ0v) is 17.0. The van der Waals surface area contributed by atoms with Crippen LogP contribution in [-0.4, -0.2) is 17.8 Å². The van der Waals surface area contributed by atoms with Crippen LogP contribution in [0, 0.1) is 6.92 Å². The van der Waals surface area contributed by atoms with Crippen molar-refractivity contribution in [3.05, 3.63) is 101 Å². The lowest BCUT2D eigenvalue weighted by atomic mass is 10.3. The van der Waals surface area contributed by atoms with Crippen molar-refractivity contribution in [1.29, 1.82) is 0 Å². The van der Waals surface area contributed by atoms with E-state index in [1.807, 2.05) is 13.0 Å². The highest BCUT2D eigenvalue weighted by Crippen LogP contribution is 2.21. The van der Waals surface area contributed by atoms with Crippen LogP contribution in [0.2, 0.25) is 0 Å². The van der Waals surface area contributed by atoms with Gasteiger partial charge >= 0.3 is 0 Å². The first-order valence-electron chi connectivity index (χ1n) is 9.20. The van der Waals surface area contributed by atoms with E-state index in [9.17, 15) is 13.2 Å². The monoisotopic (exact) mass is 421 g/mol. The van der Waals surface area contributed by atoms with Gasteiger partial charge in [0.05, 0.1) is 16.3 Å². The Bertz CT molecular complexity index is 1370. The number of pyridine rings is 1. The van der Waals surface area contributed by atoms with E-state index in [-0.39, 0.29) is 17.1 Å². The number of nitrogens with one attached hydrogen (secondary N) is 1. The van der Waals surface area contributed by atoms with Crippen LogP contribution in [-0.2, 0) is 16.6 Å². The van der Waals surface area contributed by atoms with Gasteiger partial charge in [-0.3, -0.25) is 13.9 Å². The second-order valence-electron chi connectivity index (χ2n) is 6.76. The molecule has 152 valence electrons. The molecule has 0 saturated heterocycles. The first kappa shape index (κ1) is 19.7. The molecular formula is C22H19N3O4S. The molecule has 0 radical (unpaired) electrons. The summed E-state index contributed by atoms with van der Waals surface area (Å²) >= 11 is 0. The van der Waals surface area contributed by atoms with E-state index >= 15 is 0 Å². The summed E-state index contributed by atoms with van der Waals surface area (Å²) in [4.78, 5) is 16.9. The number of rotatable bonds is 6. The molecule has 1 N–H and O–H groups in total. The van der Waals surface area contributed by atoms with Crippen molar-refractivity contribution in [3.8, 4) is 5.75 Å². The quantitative estimate of drug-likeness (QED) is 0.515. The number of hydrogen-bond donors (Lipinski definition) is 1. The number of aryl methyl sites for hydroxylation is 1. The molecular weight excluding hydrogens is 402 g/mol. The van der Waals surface area contributed by atoms with Gasteiger partial charge in [-0.1, -0.05) is 30.3 Å². The predicted molar refractivity (Wildman–Crippen MR) is 114 cm³/mol. The van der Waals surface area contributed by atoms with Crippen LogP contribution in [0.4, 0.5) is 5.69 Å². The van der Waals surface area contributed by atoms with Crippen molar-refractivity contribution in [2.45, 2.75) is 18.4 Å². The maximum Gasteiger partial charge on any atom is 0.261 e. The Labute approximate surface area is 173 Å². The standard InChI is InChI=1S/C22H19N3O4S/c1-16-10-11-21-23-18(13-22(26)25(21)14-16)15-29-19-7-5-6-17(12-19)24-30(27,28)20-8-3-2-4-9-20/h2-14,24H,15H2,1H3. The number of nitrogens with zero attached hydrogens (tertiary/aromatic N) is 2. The fraction of sp³-hybridized carbons (Fsp3) is 0.0909. The molecule has 0 saturated carbocycles. The molecule has 4 aromatic rings. The Hall–Kier alpha value is -3.65. The van der Waals surface area contributed by atoms with Gasteiger partial charge < -0.3 is 4.74 Å². The van der Waals surface area contributed by atoms with Gasteiger partial charge in [0.1, 0.15) is 18.0 Å². The molecule has 0 fully saturated rings. The molecule has 0 unspecified atom stereocenters. The topological polar surface area (TPSA) is 89.8 Å². The smallest absolute Gasteiger partial charge is 0.261 e. The third-order valence-corrected chi connectivity index (χ3v) is 5.78. The molecule has 0 amide bonds. The molecule has 0 spiro atoms. The fourth-order valence-electron chi connectivity index (χ4n) is 2.95. The van der Waals surface area contributed by atoms with E-state index in [2.05, 4.69) is 9.71 Å². The summed E-state index contributed by atoms with van der Waals surface area (Å²) in [5.41, 5.74) is 2.17. The molecule has 2 heterocycles. The molecule has 0 atom stereocenters. The molecule has 8 heteroatoms. The zero-order chi connectivity index (χ0) is 21.1. The van der Waals surface area contributed by atoms with Gasteiger partial charge in [0.25, 0.3) is 15.6 Å². The number of hydrogen-bond acceptors (Lipinski definition) is 5. The molecule has 4 rings (SSSR count). The summed E-state index contributed by atoms with van der Waals surface area (Å²) in [6, 6.07) is 19.8. The summed E-state index contributed by atoms with van der Waals surface area (Å²) in [6.45, 7) is 1.98. The first-order valence-corrected chi connectivity index (χ1v) is 10.7. The molecule has 0 aliphatic heterocycles. The predicted octanol–water partition coefficient (Wildman–Crippen LogP) is 3.38. The summed E-state index contributed by atoms with van der Waals surface area (Å²) in [6.07, 6.45) is 1.73. The minimum atomic E-state index is -3.69. The third-order valence-electron chi connectivity index (χ3n) is 4.39. The molecule has 30 heavy (non-hydrogen) atoms. The highest BCUT2D eigenvalue weighted by atomic mass is 32.2. The van der Waals surface area contributed by atoms with Crippen molar-refractivity contribution < 1.29 is 13.2 Å². The van der Waals surface area contributed by atoms with Gasteiger partial charge in [-0.25, -0.2) is 13.4 Å². The Balaban J connectivity index is 1.51. The highest BCUT2D eigenvalue weighted by Gasteiger charge is 2.13. The molecule has 2 aromatic carbocycles. The van der Waals surface area contributed by atoms with Crippen LogP contribution in [0.5, 0.6) is 5.75 Å². The zero-order valence-electron chi connectivity index (χ0n) is 16.1. The molecule has 0 aliphatic carbocycles. The molecule has 0 bridgehead atoms.